The Hall–Kier alpha value is -1.26. The topological polar surface area (TPSA) is 38.7 Å². The van der Waals surface area contributed by atoms with Crippen molar-refractivity contribution in [1.82, 2.24) is 0 Å². The van der Waals surface area contributed by atoms with Crippen molar-refractivity contribution in [3.63, 3.8) is 0 Å². The second-order valence-electron chi connectivity index (χ2n) is 4.46. The molecule has 0 aliphatic carbocycles. The Bertz CT molecular complexity index is 341. The van der Waals surface area contributed by atoms with Crippen LogP contribution in [0.5, 0.6) is 0 Å². The largest absolute Gasteiger partial charge is 0.545 e. The molecule has 0 aliphatic heterocycles. The number of unbranched alkanes of at least 4 members (excludes halogenated alkanes) is 2. The number of rotatable bonds is 10. The van der Waals surface area contributed by atoms with Crippen LogP contribution in [0.15, 0.2) is 42.7 Å². The van der Waals surface area contributed by atoms with Crippen LogP contribution in [0.4, 0.5) is 0 Å². The molecule has 0 aliphatic rings. The molecule has 0 fully saturated rings. The molecule has 3 nitrogen and oxygen atoms in total. The highest BCUT2D eigenvalue weighted by Gasteiger charge is 2.05. The lowest BCUT2D eigenvalue weighted by molar-refractivity contribution is 0.0637. The van der Waals surface area contributed by atoms with Crippen LogP contribution in [0.2, 0.25) is 0 Å². The van der Waals surface area contributed by atoms with E-state index < -0.39 is 0 Å². The Morgan fingerprint density at radius 2 is 2.05 bits per heavy atom. The van der Waals surface area contributed by atoms with Crippen molar-refractivity contribution < 1.29 is 14.4 Å². The molecule has 1 rings (SSSR count). The van der Waals surface area contributed by atoms with Gasteiger partial charge in [-0.15, -0.1) is 0 Å². The normalized spacial score (nSPS) is 12.5. The van der Waals surface area contributed by atoms with E-state index in [1.54, 1.807) is 0 Å². The van der Waals surface area contributed by atoms with E-state index in [1.807, 2.05) is 24.3 Å². The number of hydrogen-bond donors (Lipinski definition) is 1. The van der Waals surface area contributed by atoms with Gasteiger partial charge in [-0.1, -0.05) is 56.5 Å². The van der Waals surface area contributed by atoms with E-state index in [-0.39, 0.29) is 13.8 Å². The van der Waals surface area contributed by atoms with E-state index in [1.165, 1.54) is 24.7 Å². The highest BCUT2D eigenvalue weighted by atomic mass is 16.5. The first kappa shape index (κ1) is 15.8. The first-order chi connectivity index (χ1) is 9.36. The molecule has 1 atom stereocenters. The van der Waals surface area contributed by atoms with Crippen LogP contribution in [0, 0.1) is 0 Å². The zero-order valence-electron chi connectivity index (χ0n) is 11.6. The molecule has 0 saturated heterocycles. The Balaban J connectivity index is 2.38. The molecule has 104 valence electrons. The van der Waals surface area contributed by atoms with Gasteiger partial charge >= 0.3 is 7.69 Å². The van der Waals surface area contributed by atoms with Crippen molar-refractivity contribution in [1.29, 1.82) is 0 Å². The zero-order chi connectivity index (χ0) is 13.8. The van der Waals surface area contributed by atoms with E-state index in [0.717, 1.165) is 12.8 Å². The Kier molecular flexibility index (Phi) is 8.86. The predicted octanol–water partition coefficient (Wildman–Crippen LogP) is 2.94. The smallest absolute Gasteiger partial charge is 0.503 e. The van der Waals surface area contributed by atoms with Gasteiger partial charge in [0.15, 0.2) is 0 Å². The van der Waals surface area contributed by atoms with Crippen LogP contribution in [-0.2, 0) is 16.0 Å². The van der Waals surface area contributed by atoms with Crippen molar-refractivity contribution in [3.8, 4) is 0 Å². The van der Waals surface area contributed by atoms with E-state index in [2.05, 4.69) is 19.1 Å². The van der Waals surface area contributed by atoms with Crippen LogP contribution >= 0.6 is 0 Å². The van der Waals surface area contributed by atoms with Crippen molar-refractivity contribution >= 4 is 7.69 Å². The van der Waals surface area contributed by atoms with Gasteiger partial charge in [-0.05, 0) is 18.1 Å². The van der Waals surface area contributed by atoms with Gasteiger partial charge < -0.3 is 14.4 Å². The summed E-state index contributed by atoms with van der Waals surface area (Å²) in [7, 11) is -0.295. The maximum absolute atomic E-state index is 8.59. The average Bonchev–Trinajstić information content (AvgIpc) is 2.45. The molecule has 0 bridgehead atoms. The minimum Gasteiger partial charge on any atom is -0.545 e. The van der Waals surface area contributed by atoms with Gasteiger partial charge in [0, 0.05) is 0 Å². The molecule has 1 aromatic rings. The summed E-state index contributed by atoms with van der Waals surface area (Å²) in [6, 6.07) is 10.1. The predicted molar refractivity (Wildman–Crippen MR) is 78.8 cm³/mol. The summed E-state index contributed by atoms with van der Waals surface area (Å²) >= 11 is 0. The Morgan fingerprint density at radius 1 is 1.26 bits per heavy atom. The van der Waals surface area contributed by atoms with Gasteiger partial charge in [-0.2, -0.15) is 0 Å². The minimum absolute atomic E-state index is 0.0401. The summed E-state index contributed by atoms with van der Waals surface area (Å²) in [5.41, 5.74) is 1.17. The van der Waals surface area contributed by atoms with Crippen LogP contribution in [0.1, 0.15) is 38.2 Å². The molecule has 1 aromatic carbocycles. The molecule has 0 amide bonds. The fourth-order valence-corrected chi connectivity index (χ4v) is 1.79. The van der Waals surface area contributed by atoms with Crippen LogP contribution in [-0.4, -0.2) is 18.8 Å². The third-order valence-electron chi connectivity index (χ3n) is 2.86. The van der Waals surface area contributed by atoms with Gasteiger partial charge in [0.05, 0.1) is 19.0 Å². The first-order valence-electron chi connectivity index (χ1n) is 6.91. The molecule has 0 heterocycles. The second kappa shape index (κ2) is 10.6. The minimum atomic E-state index is -0.295. The Labute approximate surface area is 116 Å². The molecular weight excluding hydrogens is 239 g/mol. The first-order valence-corrected chi connectivity index (χ1v) is 6.91. The SMILES string of the molecule is CCCCCC(/C=C/OBO)OCc1ccccc1. The molecule has 0 saturated carbocycles. The van der Waals surface area contributed by atoms with Crippen LogP contribution in [0.25, 0.3) is 0 Å². The summed E-state index contributed by atoms with van der Waals surface area (Å²) < 4.78 is 10.7. The highest BCUT2D eigenvalue weighted by Crippen LogP contribution is 2.11. The van der Waals surface area contributed by atoms with E-state index in [4.69, 9.17) is 14.4 Å². The molecule has 1 N–H and O–H groups in total. The molecule has 0 spiro atoms. The fraction of sp³-hybridized carbons (Fsp3) is 0.467. The Morgan fingerprint density at radius 3 is 2.74 bits per heavy atom. The van der Waals surface area contributed by atoms with E-state index in [0.29, 0.717) is 6.61 Å². The van der Waals surface area contributed by atoms with Crippen molar-refractivity contribution in [2.24, 2.45) is 0 Å². The van der Waals surface area contributed by atoms with Crippen LogP contribution in [0.3, 0.4) is 0 Å². The maximum atomic E-state index is 8.59. The quantitative estimate of drug-likeness (QED) is 0.400. The lowest BCUT2D eigenvalue weighted by atomic mass is 10.1. The average molecular weight is 262 g/mol. The lowest BCUT2D eigenvalue weighted by Gasteiger charge is -2.14. The number of benzene rings is 1. The van der Waals surface area contributed by atoms with E-state index in [9.17, 15) is 0 Å². The summed E-state index contributed by atoms with van der Waals surface area (Å²) in [4.78, 5) is 0. The standard InChI is InChI=1S/C15H23BO3/c1-2-3-5-10-15(11-12-19-16-17)18-13-14-8-6-4-7-9-14/h4,6-9,11-12,15-17H,2-3,5,10,13H2,1H3/b12-11+. The van der Waals surface area contributed by atoms with Gasteiger partial charge in [-0.3, -0.25) is 0 Å². The monoisotopic (exact) mass is 262 g/mol. The van der Waals surface area contributed by atoms with E-state index >= 15 is 0 Å². The summed E-state index contributed by atoms with van der Waals surface area (Å²) in [6.07, 6.45) is 7.95. The highest BCUT2D eigenvalue weighted by molar-refractivity contribution is 6.16. The molecule has 19 heavy (non-hydrogen) atoms. The van der Waals surface area contributed by atoms with Crippen LogP contribution < -0.4 is 0 Å². The third kappa shape index (κ3) is 7.70. The fourth-order valence-electron chi connectivity index (χ4n) is 1.79. The third-order valence-corrected chi connectivity index (χ3v) is 2.86. The maximum Gasteiger partial charge on any atom is 0.503 e. The summed E-state index contributed by atoms with van der Waals surface area (Å²) in [5.74, 6) is 0. The zero-order valence-corrected chi connectivity index (χ0v) is 11.6. The van der Waals surface area contributed by atoms with Crippen molar-refractivity contribution in [2.45, 2.75) is 45.3 Å². The van der Waals surface area contributed by atoms with Crippen molar-refractivity contribution in [2.75, 3.05) is 0 Å². The summed E-state index contributed by atoms with van der Waals surface area (Å²) in [5, 5.41) is 8.59. The number of ether oxygens (including phenoxy) is 1. The summed E-state index contributed by atoms with van der Waals surface area (Å²) in [6.45, 7) is 2.78. The molecule has 0 radical (unpaired) electrons. The van der Waals surface area contributed by atoms with Gasteiger partial charge in [-0.25, -0.2) is 0 Å². The lowest BCUT2D eigenvalue weighted by Crippen LogP contribution is -2.10. The van der Waals surface area contributed by atoms with Gasteiger partial charge in [0.1, 0.15) is 0 Å². The number of hydrogen-bond acceptors (Lipinski definition) is 3. The molecule has 1 unspecified atom stereocenters. The van der Waals surface area contributed by atoms with Gasteiger partial charge in [0.25, 0.3) is 0 Å². The molecule has 4 heteroatoms. The molecule has 0 aromatic heterocycles. The van der Waals surface area contributed by atoms with Crippen molar-refractivity contribution in [3.05, 3.63) is 48.2 Å². The second-order valence-corrected chi connectivity index (χ2v) is 4.46. The molecular formula is C15H23BO3. The van der Waals surface area contributed by atoms with Gasteiger partial charge in [0.2, 0.25) is 0 Å².